The molecule has 0 aromatic heterocycles. The molecule has 0 amide bonds. The van der Waals surface area contributed by atoms with E-state index < -0.39 is 0 Å². The number of halogens is 2. The highest BCUT2D eigenvalue weighted by Gasteiger charge is 2.09. The van der Waals surface area contributed by atoms with Crippen molar-refractivity contribution < 1.29 is 14.0 Å². The molecule has 0 fully saturated rings. The maximum absolute atomic E-state index is 12.6. The fraction of sp³-hybridized carbons (Fsp3) is 0. The number of benzene rings is 5. The number of ketones is 2. The third-order valence-electron chi connectivity index (χ3n) is 5.34. The number of rotatable bonds is 6. The molecular formula is C32H22BrFO2S. The van der Waals surface area contributed by atoms with E-state index in [1.807, 2.05) is 72.8 Å². The van der Waals surface area contributed by atoms with Gasteiger partial charge in [0.2, 0.25) is 0 Å². The molecular weight excluding hydrogens is 547 g/mol. The zero-order chi connectivity index (χ0) is 26.0. The average Bonchev–Trinajstić information content (AvgIpc) is 2.96. The second kappa shape index (κ2) is 12.9. The van der Waals surface area contributed by atoms with Gasteiger partial charge in [-0.1, -0.05) is 88.4 Å². The normalized spacial score (nSPS) is 10.2. The summed E-state index contributed by atoms with van der Waals surface area (Å²) in [6.07, 6.45) is 0. The Hall–Kier alpha value is -3.80. The van der Waals surface area contributed by atoms with Crippen LogP contribution in [0.25, 0.3) is 0 Å². The van der Waals surface area contributed by atoms with Gasteiger partial charge in [-0.15, -0.1) is 0 Å². The second-order valence-electron chi connectivity index (χ2n) is 7.98. The van der Waals surface area contributed by atoms with Crippen molar-refractivity contribution in [3.05, 3.63) is 166 Å². The fourth-order valence-corrected chi connectivity index (χ4v) is 4.51. The summed E-state index contributed by atoms with van der Waals surface area (Å²) in [6.45, 7) is 0. The Bertz CT molecular complexity index is 1450. The van der Waals surface area contributed by atoms with Gasteiger partial charge in [0, 0.05) is 36.5 Å². The Balaban J connectivity index is 0.000000186. The molecule has 0 unspecified atom stereocenters. The van der Waals surface area contributed by atoms with Crippen LogP contribution in [-0.4, -0.2) is 11.6 Å². The van der Waals surface area contributed by atoms with E-state index in [2.05, 4.69) is 28.1 Å². The van der Waals surface area contributed by atoms with Gasteiger partial charge in [0.1, 0.15) is 5.82 Å². The van der Waals surface area contributed by atoms with Crippen LogP contribution in [0.4, 0.5) is 4.39 Å². The zero-order valence-corrected chi connectivity index (χ0v) is 22.1. The van der Waals surface area contributed by atoms with Gasteiger partial charge in [0.25, 0.3) is 0 Å². The van der Waals surface area contributed by atoms with Crippen LogP contribution >= 0.6 is 27.7 Å². The molecule has 5 aromatic rings. The highest BCUT2D eigenvalue weighted by molar-refractivity contribution is 9.10. The lowest BCUT2D eigenvalue weighted by Gasteiger charge is -2.04. The minimum Gasteiger partial charge on any atom is -0.289 e. The lowest BCUT2D eigenvalue weighted by atomic mass is 10.0. The van der Waals surface area contributed by atoms with Gasteiger partial charge in [-0.2, -0.15) is 0 Å². The Morgan fingerprint density at radius 1 is 0.486 bits per heavy atom. The van der Waals surface area contributed by atoms with Crippen molar-refractivity contribution in [3.8, 4) is 0 Å². The third kappa shape index (κ3) is 7.59. The Morgan fingerprint density at radius 3 is 1.27 bits per heavy atom. The first-order chi connectivity index (χ1) is 18.0. The fourth-order valence-electron chi connectivity index (χ4n) is 3.43. The monoisotopic (exact) mass is 568 g/mol. The Kier molecular flexibility index (Phi) is 9.19. The van der Waals surface area contributed by atoms with E-state index in [-0.39, 0.29) is 17.4 Å². The summed E-state index contributed by atoms with van der Waals surface area (Å²) in [7, 11) is 0. The Morgan fingerprint density at radius 2 is 0.838 bits per heavy atom. The molecule has 0 saturated carbocycles. The lowest BCUT2D eigenvalue weighted by molar-refractivity contribution is 0.103. The van der Waals surface area contributed by atoms with Crippen molar-refractivity contribution in [2.45, 2.75) is 9.79 Å². The molecule has 0 heterocycles. The van der Waals surface area contributed by atoms with E-state index in [0.717, 1.165) is 14.9 Å². The molecule has 0 aliphatic heterocycles. The van der Waals surface area contributed by atoms with Crippen molar-refractivity contribution in [3.63, 3.8) is 0 Å². The quantitative estimate of drug-likeness (QED) is 0.192. The van der Waals surface area contributed by atoms with Gasteiger partial charge in [-0.25, -0.2) is 4.39 Å². The molecule has 5 aromatic carbocycles. The van der Waals surface area contributed by atoms with Crippen molar-refractivity contribution in [1.82, 2.24) is 0 Å². The van der Waals surface area contributed by atoms with Gasteiger partial charge in [0.05, 0.1) is 0 Å². The summed E-state index contributed by atoms with van der Waals surface area (Å²) in [5.41, 5.74) is 2.55. The average molecular weight is 569 g/mol. The van der Waals surface area contributed by atoms with Gasteiger partial charge in [0.15, 0.2) is 11.6 Å². The van der Waals surface area contributed by atoms with Gasteiger partial charge >= 0.3 is 0 Å². The highest BCUT2D eigenvalue weighted by atomic mass is 79.9. The van der Waals surface area contributed by atoms with E-state index in [1.165, 1.54) is 29.2 Å². The van der Waals surface area contributed by atoms with Crippen LogP contribution in [0.1, 0.15) is 31.8 Å². The Labute approximate surface area is 228 Å². The summed E-state index contributed by atoms with van der Waals surface area (Å²) in [4.78, 5) is 26.5. The van der Waals surface area contributed by atoms with Crippen LogP contribution in [0.15, 0.2) is 148 Å². The first kappa shape index (κ1) is 26.3. The molecule has 5 rings (SSSR count). The van der Waals surface area contributed by atoms with Crippen LogP contribution in [0.2, 0.25) is 0 Å². The number of carbonyl (C=O) groups excluding carboxylic acids is 2. The summed E-state index contributed by atoms with van der Waals surface area (Å²) in [5.74, 6) is -0.365. The molecule has 0 spiro atoms. The molecule has 0 aliphatic rings. The zero-order valence-electron chi connectivity index (χ0n) is 19.7. The van der Waals surface area contributed by atoms with E-state index in [4.69, 9.17) is 0 Å². The SMILES string of the molecule is O=C(c1ccccc1)c1ccc(F)cc1.O=C(c1ccccc1)c1ccc(Sc2ccc(Br)cc2)cc1. The standard InChI is InChI=1S/C19H13BrOS.C13H9FO/c20-16-8-12-18(13-9-16)22-17-10-6-15(7-11-17)19(21)14-4-2-1-3-5-14;14-12-8-6-11(7-9-12)13(15)10-4-2-1-3-5-10/h1-13H;1-9H. The summed E-state index contributed by atoms with van der Waals surface area (Å²) < 4.78 is 13.7. The molecule has 2 nitrogen and oxygen atoms in total. The smallest absolute Gasteiger partial charge is 0.193 e. The molecule has 0 bridgehead atoms. The van der Waals surface area contributed by atoms with Crippen LogP contribution in [-0.2, 0) is 0 Å². The molecule has 0 atom stereocenters. The number of hydrogen-bond acceptors (Lipinski definition) is 3. The van der Waals surface area contributed by atoms with Gasteiger partial charge < -0.3 is 0 Å². The van der Waals surface area contributed by atoms with Crippen LogP contribution in [0.5, 0.6) is 0 Å². The number of carbonyl (C=O) groups is 2. The van der Waals surface area contributed by atoms with Crippen LogP contribution in [0, 0.1) is 5.82 Å². The van der Waals surface area contributed by atoms with Gasteiger partial charge in [-0.3, -0.25) is 9.59 Å². The predicted octanol–water partition coefficient (Wildman–Crippen LogP) is 8.89. The van der Waals surface area contributed by atoms with Gasteiger partial charge in [-0.05, 0) is 72.8 Å². The predicted molar refractivity (Wildman–Crippen MR) is 151 cm³/mol. The minimum absolute atomic E-state index is 0.0563. The van der Waals surface area contributed by atoms with Crippen molar-refractivity contribution in [2.24, 2.45) is 0 Å². The molecule has 5 heteroatoms. The topological polar surface area (TPSA) is 34.1 Å². The first-order valence-electron chi connectivity index (χ1n) is 11.5. The molecule has 182 valence electrons. The molecule has 0 saturated heterocycles. The van der Waals surface area contributed by atoms with Crippen LogP contribution in [0.3, 0.4) is 0 Å². The molecule has 0 radical (unpaired) electrons. The van der Waals surface area contributed by atoms with Crippen molar-refractivity contribution in [1.29, 1.82) is 0 Å². The molecule has 0 N–H and O–H groups in total. The van der Waals surface area contributed by atoms with Crippen molar-refractivity contribution >= 4 is 39.3 Å². The minimum atomic E-state index is -0.334. The van der Waals surface area contributed by atoms with E-state index in [1.54, 1.807) is 36.0 Å². The van der Waals surface area contributed by atoms with E-state index >= 15 is 0 Å². The largest absolute Gasteiger partial charge is 0.289 e. The summed E-state index contributed by atoms with van der Waals surface area (Å²) in [6, 6.07) is 39.8. The molecule has 0 aliphatic carbocycles. The lowest BCUT2D eigenvalue weighted by Crippen LogP contribution is -2.00. The van der Waals surface area contributed by atoms with E-state index in [9.17, 15) is 14.0 Å². The maximum Gasteiger partial charge on any atom is 0.193 e. The summed E-state index contributed by atoms with van der Waals surface area (Å²) in [5, 5.41) is 0. The highest BCUT2D eigenvalue weighted by Crippen LogP contribution is 2.29. The van der Waals surface area contributed by atoms with Crippen molar-refractivity contribution in [2.75, 3.05) is 0 Å². The summed E-state index contributed by atoms with van der Waals surface area (Å²) >= 11 is 5.11. The second-order valence-corrected chi connectivity index (χ2v) is 10.0. The van der Waals surface area contributed by atoms with Crippen LogP contribution < -0.4 is 0 Å². The maximum atomic E-state index is 12.6. The van der Waals surface area contributed by atoms with E-state index in [0.29, 0.717) is 16.7 Å². The number of hydrogen-bond donors (Lipinski definition) is 0. The third-order valence-corrected chi connectivity index (χ3v) is 6.89. The molecule has 37 heavy (non-hydrogen) atoms. The first-order valence-corrected chi connectivity index (χ1v) is 13.1.